The largest absolute Gasteiger partial charge is 0.493 e. The lowest BCUT2D eigenvalue weighted by Gasteiger charge is -2.10. The van der Waals surface area contributed by atoms with Crippen LogP contribution in [0.2, 0.25) is 0 Å². The zero-order valence-corrected chi connectivity index (χ0v) is 13.9. The summed E-state index contributed by atoms with van der Waals surface area (Å²) in [5.74, 6) is -1.85. The highest BCUT2D eigenvalue weighted by Crippen LogP contribution is 2.15. The molecule has 0 radical (unpaired) electrons. The van der Waals surface area contributed by atoms with Gasteiger partial charge in [0.2, 0.25) is 5.88 Å². The van der Waals surface area contributed by atoms with E-state index in [4.69, 9.17) is 0 Å². The van der Waals surface area contributed by atoms with Gasteiger partial charge in [-0.05, 0) is 12.1 Å². The number of rotatable bonds is 6. The average molecular weight is 369 g/mol. The van der Waals surface area contributed by atoms with Crippen LogP contribution in [0, 0.1) is 0 Å². The number of carboxylic acids is 1. The third-order valence-corrected chi connectivity index (χ3v) is 3.77. The van der Waals surface area contributed by atoms with Gasteiger partial charge in [0.15, 0.2) is 6.04 Å². The predicted octanol–water partition coefficient (Wildman–Crippen LogP) is 0.0693. The van der Waals surface area contributed by atoms with Crippen molar-refractivity contribution in [3.8, 4) is 11.6 Å². The smallest absolute Gasteiger partial charge is 0.335 e. The van der Waals surface area contributed by atoms with Gasteiger partial charge in [0.1, 0.15) is 5.56 Å². The summed E-state index contributed by atoms with van der Waals surface area (Å²) in [6.45, 7) is 0. The molecule has 138 valence electrons. The summed E-state index contributed by atoms with van der Waals surface area (Å²) >= 11 is 0. The zero-order chi connectivity index (χ0) is 19.4. The molecule has 0 aliphatic heterocycles. The van der Waals surface area contributed by atoms with Gasteiger partial charge < -0.3 is 15.2 Å². The summed E-state index contributed by atoms with van der Waals surface area (Å²) in [7, 11) is 0. The summed E-state index contributed by atoms with van der Waals surface area (Å²) in [6.07, 6.45) is 3.83. The third kappa shape index (κ3) is 3.84. The number of carboxylic acid groups (broad SMARTS) is 1. The Morgan fingerprint density at radius 2 is 2.04 bits per heavy atom. The van der Waals surface area contributed by atoms with E-state index in [1.807, 2.05) is 0 Å². The molecule has 0 saturated heterocycles. The molecule has 3 rings (SSSR count). The van der Waals surface area contributed by atoms with Crippen molar-refractivity contribution in [3.05, 3.63) is 75.0 Å². The number of nitrogens with zero attached hydrogens (tertiary/aromatic N) is 3. The Kier molecular flexibility index (Phi) is 4.97. The van der Waals surface area contributed by atoms with Crippen molar-refractivity contribution in [1.29, 1.82) is 0 Å². The second-order valence-corrected chi connectivity index (χ2v) is 5.58. The van der Waals surface area contributed by atoms with Gasteiger partial charge >= 0.3 is 11.7 Å². The number of nitrogens with one attached hydrogen (secondary N) is 2. The molecule has 0 aliphatic carbocycles. The number of hydrogen-bond acceptors (Lipinski definition) is 6. The molecule has 1 aromatic carbocycles. The maximum atomic E-state index is 12.1. The molecule has 10 heteroatoms. The van der Waals surface area contributed by atoms with E-state index in [0.29, 0.717) is 11.4 Å². The van der Waals surface area contributed by atoms with E-state index in [9.17, 15) is 24.6 Å². The Morgan fingerprint density at radius 3 is 2.67 bits per heavy atom. The van der Waals surface area contributed by atoms with E-state index < -0.39 is 29.1 Å². The van der Waals surface area contributed by atoms with Crippen LogP contribution in [-0.2, 0) is 11.2 Å². The molecule has 3 aromatic rings. The van der Waals surface area contributed by atoms with Crippen LogP contribution in [-0.4, -0.2) is 48.0 Å². The molecule has 10 nitrogen and oxygen atoms in total. The van der Waals surface area contributed by atoms with Crippen LogP contribution in [0.15, 0.2) is 57.4 Å². The van der Waals surface area contributed by atoms with Crippen molar-refractivity contribution in [2.75, 3.05) is 0 Å². The van der Waals surface area contributed by atoms with Gasteiger partial charge in [0.05, 0.1) is 12.0 Å². The first kappa shape index (κ1) is 17.9. The quantitative estimate of drug-likeness (QED) is 0.451. The molecule has 1 atom stereocenters. The van der Waals surface area contributed by atoms with E-state index in [0.717, 1.165) is 10.8 Å². The first-order chi connectivity index (χ1) is 13.0. The van der Waals surface area contributed by atoms with Crippen LogP contribution < -0.4 is 11.2 Å². The number of carbonyl (C=O) groups is 1. The zero-order valence-electron chi connectivity index (χ0n) is 13.9. The molecule has 2 heterocycles. The van der Waals surface area contributed by atoms with Crippen molar-refractivity contribution >= 4 is 12.2 Å². The summed E-state index contributed by atoms with van der Waals surface area (Å²) < 4.78 is 0.896. The molecule has 0 bridgehead atoms. The van der Waals surface area contributed by atoms with Crippen molar-refractivity contribution < 1.29 is 15.0 Å². The van der Waals surface area contributed by atoms with E-state index in [1.54, 1.807) is 30.3 Å². The number of aromatic amines is 2. The number of imidazole rings is 1. The number of hydrogen-bond donors (Lipinski definition) is 4. The Bertz CT molecular complexity index is 1080. The van der Waals surface area contributed by atoms with Gasteiger partial charge in [-0.2, -0.15) is 0 Å². The minimum absolute atomic E-state index is 0.0167. The molecule has 0 saturated carbocycles. The molecule has 4 N–H and O–H groups in total. The van der Waals surface area contributed by atoms with Crippen LogP contribution in [0.5, 0.6) is 5.88 Å². The molecule has 0 unspecified atom stereocenters. The molecule has 0 aliphatic rings. The van der Waals surface area contributed by atoms with Crippen LogP contribution in [0.4, 0.5) is 0 Å². The number of aromatic nitrogens is 4. The highest BCUT2D eigenvalue weighted by atomic mass is 16.4. The molecule has 0 fully saturated rings. The molecule has 0 amide bonds. The lowest BCUT2D eigenvalue weighted by Crippen LogP contribution is -2.31. The molecule has 0 spiro atoms. The van der Waals surface area contributed by atoms with Gasteiger partial charge in [-0.15, -0.1) is 0 Å². The Hall–Kier alpha value is -3.95. The summed E-state index contributed by atoms with van der Waals surface area (Å²) in [4.78, 5) is 48.1. The Labute approximate surface area is 151 Å². The number of aliphatic imine (C=N–C) groups is 1. The van der Waals surface area contributed by atoms with Crippen LogP contribution >= 0.6 is 0 Å². The number of benzene rings is 1. The Morgan fingerprint density at radius 1 is 1.30 bits per heavy atom. The van der Waals surface area contributed by atoms with Crippen molar-refractivity contribution in [2.24, 2.45) is 4.99 Å². The minimum Gasteiger partial charge on any atom is -0.493 e. The highest BCUT2D eigenvalue weighted by Gasteiger charge is 2.19. The number of para-hydroxylation sites is 1. The predicted molar refractivity (Wildman–Crippen MR) is 95.6 cm³/mol. The normalized spacial score (nSPS) is 12.3. The van der Waals surface area contributed by atoms with Crippen molar-refractivity contribution in [3.63, 3.8) is 0 Å². The number of aliphatic carboxylic acids is 1. The Balaban J connectivity index is 2.01. The van der Waals surface area contributed by atoms with E-state index in [2.05, 4.69) is 19.9 Å². The topological polar surface area (TPSA) is 153 Å². The van der Waals surface area contributed by atoms with Gasteiger partial charge in [-0.1, -0.05) is 18.2 Å². The van der Waals surface area contributed by atoms with Gasteiger partial charge in [-0.3, -0.25) is 14.8 Å². The fraction of sp³-hybridized carbons (Fsp3) is 0.118. The van der Waals surface area contributed by atoms with Gasteiger partial charge in [0, 0.05) is 24.5 Å². The van der Waals surface area contributed by atoms with E-state index in [1.165, 1.54) is 12.5 Å². The third-order valence-electron chi connectivity index (χ3n) is 3.77. The molecular formula is C17H15N5O5. The lowest BCUT2D eigenvalue weighted by molar-refractivity contribution is -0.138. The van der Waals surface area contributed by atoms with E-state index in [-0.39, 0.29) is 12.0 Å². The standard InChI is InChI=1S/C17H15N5O5/c23-14-12(8-19-13(16(25)26)6-10-7-18-9-20-10)15(24)22(17(27)21-14)11-4-2-1-3-5-11/h1-5,7-9,13,24H,6H2,(H,18,20)(H,25,26)(H,21,23,27)/t13-/m0/s1. The monoisotopic (exact) mass is 369 g/mol. The summed E-state index contributed by atoms with van der Waals surface area (Å²) in [5.41, 5.74) is -1.15. The lowest BCUT2D eigenvalue weighted by atomic mass is 10.2. The molecule has 2 aromatic heterocycles. The molecular weight excluding hydrogens is 354 g/mol. The summed E-state index contributed by atoms with van der Waals surface area (Å²) in [5, 5.41) is 19.7. The average Bonchev–Trinajstić information content (AvgIpc) is 3.14. The van der Waals surface area contributed by atoms with E-state index >= 15 is 0 Å². The van der Waals surface area contributed by atoms with Crippen molar-refractivity contribution in [2.45, 2.75) is 12.5 Å². The fourth-order valence-corrected chi connectivity index (χ4v) is 2.44. The molecule has 27 heavy (non-hydrogen) atoms. The summed E-state index contributed by atoms with van der Waals surface area (Å²) in [6, 6.07) is 6.97. The minimum atomic E-state index is -1.21. The van der Waals surface area contributed by atoms with Gasteiger partial charge in [-0.25, -0.2) is 19.1 Å². The fourth-order valence-electron chi connectivity index (χ4n) is 2.44. The first-order valence-corrected chi connectivity index (χ1v) is 7.84. The van der Waals surface area contributed by atoms with Crippen LogP contribution in [0.3, 0.4) is 0 Å². The van der Waals surface area contributed by atoms with Gasteiger partial charge in [0.25, 0.3) is 5.56 Å². The SMILES string of the molecule is O=C(O)[C@H](Cc1cnc[nH]1)N=Cc1c(O)n(-c2ccccc2)c(=O)[nH]c1=O. The maximum Gasteiger partial charge on any atom is 0.335 e. The van der Waals surface area contributed by atoms with Crippen molar-refractivity contribution in [1.82, 2.24) is 19.5 Å². The van der Waals surface area contributed by atoms with Crippen LogP contribution in [0.25, 0.3) is 5.69 Å². The van der Waals surface area contributed by atoms with Crippen LogP contribution in [0.1, 0.15) is 11.3 Å². The second kappa shape index (κ2) is 7.52. The highest BCUT2D eigenvalue weighted by molar-refractivity contribution is 5.85. The second-order valence-electron chi connectivity index (χ2n) is 5.58. The first-order valence-electron chi connectivity index (χ1n) is 7.84. The maximum absolute atomic E-state index is 12.1. The number of H-pyrrole nitrogens is 2. The number of aromatic hydroxyl groups is 1.